The van der Waals surface area contributed by atoms with Crippen molar-refractivity contribution in [3.8, 4) is 0 Å². The van der Waals surface area contributed by atoms with Gasteiger partial charge in [0.15, 0.2) is 5.84 Å². The SMILES string of the molecule is CCC(NCCCC1CCCC1)C(N)=NO. The fourth-order valence-corrected chi connectivity index (χ4v) is 2.49. The molecule has 0 radical (unpaired) electrons. The molecular weight excluding hydrogens is 202 g/mol. The summed E-state index contributed by atoms with van der Waals surface area (Å²) in [6.07, 6.45) is 9.04. The molecule has 94 valence electrons. The van der Waals surface area contributed by atoms with Crippen LogP contribution in [-0.2, 0) is 0 Å². The Morgan fingerprint density at radius 3 is 2.75 bits per heavy atom. The van der Waals surface area contributed by atoms with Gasteiger partial charge >= 0.3 is 0 Å². The maximum absolute atomic E-state index is 8.59. The summed E-state index contributed by atoms with van der Waals surface area (Å²) in [5.74, 6) is 1.24. The molecule has 0 aromatic heterocycles. The topological polar surface area (TPSA) is 70.6 Å². The van der Waals surface area contributed by atoms with Crippen LogP contribution in [0, 0.1) is 5.92 Å². The van der Waals surface area contributed by atoms with Gasteiger partial charge in [-0.05, 0) is 31.7 Å². The Balaban J connectivity index is 2.08. The molecule has 0 heterocycles. The maximum atomic E-state index is 8.59. The molecule has 1 fully saturated rings. The van der Waals surface area contributed by atoms with Gasteiger partial charge < -0.3 is 16.3 Å². The third-order valence-corrected chi connectivity index (χ3v) is 3.54. The Bertz CT molecular complexity index is 212. The van der Waals surface area contributed by atoms with Crippen LogP contribution in [0.25, 0.3) is 0 Å². The van der Waals surface area contributed by atoms with Crippen molar-refractivity contribution in [2.24, 2.45) is 16.8 Å². The van der Waals surface area contributed by atoms with Crippen LogP contribution in [0.2, 0.25) is 0 Å². The zero-order chi connectivity index (χ0) is 11.8. The molecule has 1 atom stereocenters. The van der Waals surface area contributed by atoms with Crippen molar-refractivity contribution in [2.45, 2.75) is 57.9 Å². The molecule has 1 rings (SSSR count). The minimum absolute atomic E-state index is 0.0218. The minimum Gasteiger partial charge on any atom is -0.409 e. The van der Waals surface area contributed by atoms with Gasteiger partial charge in [-0.25, -0.2) is 0 Å². The Kier molecular flexibility index (Phi) is 6.23. The van der Waals surface area contributed by atoms with Crippen LogP contribution in [0.5, 0.6) is 0 Å². The lowest BCUT2D eigenvalue weighted by atomic mass is 10.0. The number of nitrogens with zero attached hydrogens (tertiary/aromatic N) is 1. The highest BCUT2D eigenvalue weighted by Gasteiger charge is 2.15. The van der Waals surface area contributed by atoms with Crippen molar-refractivity contribution < 1.29 is 5.21 Å². The van der Waals surface area contributed by atoms with Crippen molar-refractivity contribution in [3.05, 3.63) is 0 Å². The second-order valence-electron chi connectivity index (χ2n) is 4.73. The Labute approximate surface area is 98.3 Å². The summed E-state index contributed by atoms with van der Waals surface area (Å²) in [6.45, 7) is 3.00. The van der Waals surface area contributed by atoms with Crippen molar-refractivity contribution in [3.63, 3.8) is 0 Å². The molecule has 0 aliphatic heterocycles. The number of nitrogens with two attached hydrogens (primary N) is 1. The summed E-state index contributed by atoms with van der Waals surface area (Å²) in [5, 5.41) is 15.0. The highest BCUT2D eigenvalue weighted by molar-refractivity contribution is 5.85. The van der Waals surface area contributed by atoms with Gasteiger partial charge in [0, 0.05) is 0 Å². The van der Waals surface area contributed by atoms with Gasteiger partial charge in [-0.3, -0.25) is 0 Å². The summed E-state index contributed by atoms with van der Waals surface area (Å²) in [5.41, 5.74) is 5.57. The van der Waals surface area contributed by atoms with E-state index in [4.69, 9.17) is 10.9 Å². The number of rotatable bonds is 7. The molecule has 0 aromatic carbocycles. The van der Waals surface area contributed by atoms with E-state index < -0.39 is 0 Å². The monoisotopic (exact) mass is 227 g/mol. The van der Waals surface area contributed by atoms with Gasteiger partial charge in [0.2, 0.25) is 0 Å². The molecular formula is C12H25N3O. The van der Waals surface area contributed by atoms with E-state index >= 15 is 0 Å². The van der Waals surface area contributed by atoms with Crippen LogP contribution in [0.3, 0.4) is 0 Å². The molecule has 16 heavy (non-hydrogen) atoms. The molecule has 1 aliphatic carbocycles. The third-order valence-electron chi connectivity index (χ3n) is 3.54. The second-order valence-corrected chi connectivity index (χ2v) is 4.73. The van der Waals surface area contributed by atoms with Crippen molar-refractivity contribution in [1.29, 1.82) is 0 Å². The van der Waals surface area contributed by atoms with Gasteiger partial charge in [-0.2, -0.15) is 0 Å². The summed E-state index contributed by atoms with van der Waals surface area (Å²) in [6, 6.07) is 0.0218. The normalized spacial score (nSPS) is 20.2. The Morgan fingerprint density at radius 2 is 2.19 bits per heavy atom. The quantitative estimate of drug-likeness (QED) is 0.205. The average Bonchev–Trinajstić information content (AvgIpc) is 2.81. The van der Waals surface area contributed by atoms with Gasteiger partial charge in [0.25, 0.3) is 0 Å². The van der Waals surface area contributed by atoms with E-state index in [0.717, 1.165) is 18.9 Å². The zero-order valence-corrected chi connectivity index (χ0v) is 10.3. The van der Waals surface area contributed by atoms with E-state index in [1.807, 2.05) is 6.92 Å². The first-order valence-electron chi connectivity index (χ1n) is 6.48. The molecule has 4 N–H and O–H groups in total. The summed E-state index contributed by atoms with van der Waals surface area (Å²) >= 11 is 0. The van der Waals surface area contributed by atoms with E-state index in [1.165, 1.54) is 38.5 Å². The van der Waals surface area contributed by atoms with E-state index in [-0.39, 0.29) is 6.04 Å². The van der Waals surface area contributed by atoms with Crippen molar-refractivity contribution in [2.75, 3.05) is 6.54 Å². The molecule has 0 amide bonds. The lowest BCUT2D eigenvalue weighted by Gasteiger charge is -2.16. The van der Waals surface area contributed by atoms with Crippen LogP contribution in [0.15, 0.2) is 5.16 Å². The van der Waals surface area contributed by atoms with Crippen LogP contribution in [-0.4, -0.2) is 23.6 Å². The standard InChI is InChI=1S/C12H25N3O/c1-2-11(12(13)15-16)14-9-5-8-10-6-3-4-7-10/h10-11,14,16H,2-9H2,1H3,(H2,13,15). The lowest BCUT2D eigenvalue weighted by molar-refractivity contribution is 0.314. The second kappa shape index (κ2) is 7.49. The number of nitrogens with one attached hydrogen (secondary N) is 1. The number of hydrogen-bond donors (Lipinski definition) is 3. The zero-order valence-electron chi connectivity index (χ0n) is 10.3. The number of oxime groups is 1. The average molecular weight is 227 g/mol. The predicted octanol–water partition coefficient (Wildman–Crippen LogP) is 2.07. The third kappa shape index (κ3) is 4.39. The van der Waals surface area contributed by atoms with Crippen LogP contribution < -0.4 is 11.1 Å². The first-order valence-corrected chi connectivity index (χ1v) is 6.48. The van der Waals surface area contributed by atoms with Crippen LogP contribution in [0.4, 0.5) is 0 Å². The number of hydrogen-bond acceptors (Lipinski definition) is 3. The molecule has 1 saturated carbocycles. The highest BCUT2D eigenvalue weighted by atomic mass is 16.4. The van der Waals surface area contributed by atoms with Gasteiger partial charge in [-0.15, -0.1) is 0 Å². The summed E-state index contributed by atoms with van der Waals surface area (Å²) < 4.78 is 0. The Hall–Kier alpha value is -0.770. The smallest absolute Gasteiger partial charge is 0.156 e. The summed E-state index contributed by atoms with van der Waals surface area (Å²) in [4.78, 5) is 0. The minimum atomic E-state index is 0.0218. The lowest BCUT2D eigenvalue weighted by Crippen LogP contribution is -2.41. The first-order chi connectivity index (χ1) is 7.77. The molecule has 1 aliphatic rings. The maximum Gasteiger partial charge on any atom is 0.156 e. The van der Waals surface area contributed by atoms with Gasteiger partial charge in [0.1, 0.15) is 0 Å². The molecule has 0 spiro atoms. The highest BCUT2D eigenvalue weighted by Crippen LogP contribution is 2.28. The van der Waals surface area contributed by atoms with Crippen LogP contribution >= 0.6 is 0 Å². The van der Waals surface area contributed by atoms with Crippen molar-refractivity contribution in [1.82, 2.24) is 5.32 Å². The molecule has 0 aromatic rings. The molecule has 0 saturated heterocycles. The van der Waals surface area contributed by atoms with E-state index in [0.29, 0.717) is 5.84 Å². The van der Waals surface area contributed by atoms with Gasteiger partial charge in [0.05, 0.1) is 6.04 Å². The fourth-order valence-electron chi connectivity index (χ4n) is 2.49. The molecule has 0 bridgehead atoms. The predicted molar refractivity (Wildman–Crippen MR) is 66.7 cm³/mol. The van der Waals surface area contributed by atoms with Crippen LogP contribution in [0.1, 0.15) is 51.9 Å². The van der Waals surface area contributed by atoms with E-state index in [2.05, 4.69) is 10.5 Å². The molecule has 4 nitrogen and oxygen atoms in total. The summed E-state index contributed by atoms with van der Waals surface area (Å²) in [7, 11) is 0. The fraction of sp³-hybridized carbons (Fsp3) is 0.917. The van der Waals surface area contributed by atoms with Gasteiger partial charge in [-0.1, -0.05) is 37.8 Å². The Morgan fingerprint density at radius 1 is 1.50 bits per heavy atom. The molecule has 4 heteroatoms. The largest absolute Gasteiger partial charge is 0.409 e. The molecule has 1 unspecified atom stereocenters. The number of amidine groups is 1. The van der Waals surface area contributed by atoms with E-state index in [9.17, 15) is 0 Å². The van der Waals surface area contributed by atoms with Crippen molar-refractivity contribution >= 4 is 5.84 Å². The first kappa shape index (κ1) is 13.3. The van der Waals surface area contributed by atoms with E-state index in [1.54, 1.807) is 0 Å².